The first-order valence-corrected chi connectivity index (χ1v) is 6.99. The van der Waals surface area contributed by atoms with Crippen LogP contribution in [0.25, 0.3) is 0 Å². The summed E-state index contributed by atoms with van der Waals surface area (Å²) in [6.07, 6.45) is -3.90. The zero-order valence-electron chi connectivity index (χ0n) is 10.1. The quantitative estimate of drug-likeness (QED) is 0.899. The Morgan fingerprint density at radius 1 is 1.21 bits per heavy atom. The van der Waals surface area contributed by atoms with Crippen LogP contribution in [0.5, 0.6) is 0 Å². The summed E-state index contributed by atoms with van der Waals surface area (Å²) < 4.78 is 38.5. The molecule has 1 atom stereocenters. The average Bonchev–Trinajstić information content (AvgIpc) is 3.01. The fourth-order valence-electron chi connectivity index (χ4n) is 2.09. The van der Waals surface area contributed by atoms with Gasteiger partial charge in [0.1, 0.15) is 5.54 Å². The maximum atomic E-state index is 12.8. The number of hydrogen-bond acceptors (Lipinski definition) is 3. The van der Waals surface area contributed by atoms with Gasteiger partial charge in [0.15, 0.2) is 5.17 Å². The van der Waals surface area contributed by atoms with Crippen LogP contribution in [0.2, 0.25) is 0 Å². The molecule has 102 valence electrons. The van der Waals surface area contributed by atoms with E-state index in [0.29, 0.717) is 11.7 Å². The van der Waals surface area contributed by atoms with Gasteiger partial charge in [-0.15, -0.1) is 0 Å². The second-order valence-electron chi connectivity index (χ2n) is 4.87. The lowest BCUT2D eigenvalue weighted by atomic mass is 10.1. The molecule has 6 heteroatoms. The van der Waals surface area contributed by atoms with Crippen molar-refractivity contribution in [1.29, 1.82) is 0 Å². The summed E-state index contributed by atoms with van der Waals surface area (Å²) in [5.41, 5.74) is -0.616. The smallest absolute Gasteiger partial charge is 0.351 e. The van der Waals surface area contributed by atoms with Gasteiger partial charge in [0, 0.05) is 0 Å². The Labute approximate surface area is 113 Å². The number of rotatable bonds is 2. The number of aliphatic imine (C=N–C) groups is 1. The zero-order chi connectivity index (χ0) is 13.5. The number of hydrogen-bond donors (Lipinski definition) is 1. The third-order valence-corrected chi connectivity index (χ3v) is 4.62. The van der Waals surface area contributed by atoms with Crippen LogP contribution in [0.4, 0.5) is 13.2 Å². The standard InChI is InChI=1S/C13H13F3N2S/c14-13(15,16)12(6-7-12)18-11-17-8-10(19-11)9-4-2-1-3-5-9/h1-5,10H,6-8H2,(H,17,18). The fourth-order valence-corrected chi connectivity index (χ4v) is 3.21. The number of alkyl halides is 3. The molecule has 2 aliphatic rings. The van der Waals surface area contributed by atoms with Crippen molar-refractivity contribution < 1.29 is 13.2 Å². The third kappa shape index (κ3) is 2.45. The molecule has 1 aliphatic heterocycles. The monoisotopic (exact) mass is 286 g/mol. The Kier molecular flexibility index (Phi) is 3.00. The van der Waals surface area contributed by atoms with E-state index in [0.717, 1.165) is 5.56 Å². The van der Waals surface area contributed by atoms with Gasteiger partial charge in [0.05, 0.1) is 11.8 Å². The molecule has 0 saturated heterocycles. The van der Waals surface area contributed by atoms with Gasteiger partial charge in [0.25, 0.3) is 0 Å². The highest BCUT2D eigenvalue weighted by Crippen LogP contribution is 2.50. The highest BCUT2D eigenvalue weighted by Gasteiger charge is 2.64. The lowest BCUT2D eigenvalue weighted by Gasteiger charge is -2.21. The molecule has 2 nitrogen and oxygen atoms in total. The van der Waals surface area contributed by atoms with Crippen LogP contribution in [0.3, 0.4) is 0 Å². The van der Waals surface area contributed by atoms with Crippen molar-refractivity contribution in [2.45, 2.75) is 29.8 Å². The fraction of sp³-hybridized carbons (Fsp3) is 0.462. The highest BCUT2D eigenvalue weighted by atomic mass is 32.2. The Hall–Kier alpha value is -1.17. The first-order valence-electron chi connectivity index (χ1n) is 6.11. The Morgan fingerprint density at radius 2 is 1.89 bits per heavy atom. The van der Waals surface area contributed by atoms with E-state index in [9.17, 15) is 13.2 Å². The maximum Gasteiger partial charge on any atom is 0.411 e. The van der Waals surface area contributed by atoms with Crippen molar-refractivity contribution in [3.05, 3.63) is 35.9 Å². The lowest BCUT2D eigenvalue weighted by Crippen LogP contribution is -2.46. The van der Waals surface area contributed by atoms with E-state index in [-0.39, 0.29) is 18.1 Å². The van der Waals surface area contributed by atoms with Crippen molar-refractivity contribution >= 4 is 16.9 Å². The predicted octanol–water partition coefficient (Wildman–Crippen LogP) is 3.52. The van der Waals surface area contributed by atoms with Crippen LogP contribution < -0.4 is 5.32 Å². The minimum Gasteiger partial charge on any atom is -0.351 e. The average molecular weight is 286 g/mol. The number of nitrogens with one attached hydrogen (secondary N) is 1. The Morgan fingerprint density at radius 3 is 2.47 bits per heavy atom. The molecule has 0 radical (unpaired) electrons. The number of nitrogens with zero attached hydrogens (tertiary/aromatic N) is 1. The van der Waals surface area contributed by atoms with Crippen LogP contribution in [-0.2, 0) is 0 Å². The Balaban J connectivity index is 1.64. The second kappa shape index (κ2) is 4.44. The van der Waals surface area contributed by atoms with Crippen LogP contribution in [0.1, 0.15) is 23.7 Å². The molecular formula is C13H13F3N2S. The van der Waals surface area contributed by atoms with E-state index >= 15 is 0 Å². The van der Waals surface area contributed by atoms with Crippen LogP contribution in [0, 0.1) is 0 Å². The van der Waals surface area contributed by atoms with E-state index in [1.165, 1.54) is 11.8 Å². The van der Waals surface area contributed by atoms with Crippen molar-refractivity contribution in [2.24, 2.45) is 4.99 Å². The van der Waals surface area contributed by atoms with Gasteiger partial charge in [-0.25, -0.2) is 0 Å². The molecule has 1 N–H and O–H groups in total. The van der Waals surface area contributed by atoms with Crippen molar-refractivity contribution in [2.75, 3.05) is 6.54 Å². The topological polar surface area (TPSA) is 24.4 Å². The number of thioether (sulfide) groups is 1. The maximum absolute atomic E-state index is 12.8. The van der Waals surface area contributed by atoms with Gasteiger partial charge >= 0.3 is 6.18 Å². The third-order valence-electron chi connectivity index (χ3n) is 3.46. The number of amidine groups is 1. The van der Waals surface area contributed by atoms with Gasteiger partial charge in [-0.3, -0.25) is 4.99 Å². The predicted molar refractivity (Wildman–Crippen MR) is 70.2 cm³/mol. The van der Waals surface area contributed by atoms with Gasteiger partial charge < -0.3 is 5.32 Å². The SMILES string of the molecule is FC(F)(F)C1(NC2=NCC(c3ccccc3)S2)CC1. The summed E-state index contributed by atoms with van der Waals surface area (Å²) in [5.74, 6) is 0. The summed E-state index contributed by atoms with van der Waals surface area (Å²) in [4.78, 5) is 4.20. The van der Waals surface area contributed by atoms with Crippen LogP contribution in [0.15, 0.2) is 35.3 Å². The minimum absolute atomic E-state index is 0.118. The molecule has 1 saturated carbocycles. The van der Waals surface area contributed by atoms with E-state index in [1.807, 2.05) is 30.3 Å². The van der Waals surface area contributed by atoms with Gasteiger partial charge in [-0.1, -0.05) is 42.1 Å². The molecular weight excluding hydrogens is 273 g/mol. The summed E-state index contributed by atoms with van der Waals surface area (Å²) in [6.45, 7) is 0.533. The van der Waals surface area contributed by atoms with E-state index in [1.54, 1.807) is 0 Å². The summed E-state index contributed by atoms with van der Waals surface area (Å²) in [6, 6.07) is 9.74. The molecule has 1 aromatic rings. The minimum atomic E-state index is -4.19. The molecule has 1 fully saturated rings. The van der Waals surface area contributed by atoms with Crippen LogP contribution in [-0.4, -0.2) is 23.4 Å². The summed E-state index contributed by atoms with van der Waals surface area (Å²) in [5, 5.41) is 3.13. The molecule has 0 bridgehead atoms. The second-order valence-corrected chi connectivity index (χ2v) is 6.06. The molecule has 0 spiro atoms. The summed E-state index contributed by atoms with van der Waals surface area (Å²) >= 11 is 1.39. The van der Waals surface area contributed by atoms with Crippen molar-refractivity contribution in [1.82, 2.24) is 5.32 Å². The van der Waals surface area contributed by atoms with Crippen LogP contribution >= 0.6 is 11.8 Å². The molecule has 19 heavy (non-hydrogen) atoms. The molecule has 1 heterocycles. The largest absolute Gasteiger partial charge is 0.411 e. The first-order chi connectivity index (χ1) is 9.00. The lowest BCUT2D eigenvalue weighted by molar-refractivity contribution is -0.161. The van der Waals surface area contributed by atoms with Gasteiger partial charge in [0.2, 0.25) is 0 Å². The number of benzene rings is 1. The highest BCUT2D eigenvalue weighted by molar-refractivity contribution is 8.14. The molecule has 0 amide bonds. The van der Waals surface area contributed by atoms with Crippen molar-refractivity contribution in [3.8, 4) is 0 Å². The molecule has 1 aliphatic carbocycles. The normalized spacial score (nSPS) is 25.0. The Bertz CT molecular complexity index is 494. The zero-order valence-corrected chi connectivity index (χ0v) is 10.9. The molecule has 1 unspecified atom stereocenters. The van der Waals surface area contributed by atoms with E-state index in [2.05, 4.69) is 10.3 Å². The van der Waals surface area contributed by atoms with Gasteiger partial charge in [-0.2, -0.15) is 13.2 Å². The van der Waals surface area contributed by atoms with Gasteiger partial charge in [-0.05, 0) is 18.4 Å². The summed E-state index contributed by atoms with van der Waals surface area (Å²) in [7, 11) is 0. The first kappa shape index (κ1) is 12.8. The molecule has 3 rings (SSSR count). The van der Waals surface area contributed by atoms with E-state index < -0.39 is 11.7 Å². The molecule has 0 aromatic heterocycles. The number of halogens is 3. The van der Waals surface area contributed by atoms with Crippen molar-refractivity contribution in [3.63, 3.8) is 0 Å². The van der Waals surface area contributed by atoms with E-state index in [4.69, 9.17) is 0 Å². The molecule has 1 aromatic carbocycles.